The van der Waals surface area contributed by atoms with Gasteiger partial charge in [0.2, 0.25) is 5.91 Å². The van der Waals surface area contributed by atoms with Crippen LogP contribution in [-0.4, -0.2) is 59.9 Å². The van der Waals surface area contributed by atoms with Gasteiger partial charge in [-0.3, -0.25) is 14.6 Å². The van der Waals surface area contributed by atoms with Gasteiger partial charge in [-0.05, 0) is 43.1 Å². The van der Waals surface area contributed by atoms with E-state index in [1.165, 1.54) is 5.56 Å². The molecule has 0 N–H and O–H groups in total. The molecule has 6 nitrogen and oxygen atoms in total. The number of nitrogens with zero attached hydrogens (tertiary/aromatic N) is 4. The highest BCUT2D eigenvalue weighted by atomic mass is 79.9. The quantitative estimate of drug-likeness (QED) is 0.495. The van der Waals surface area contributed by atoms with Crippen molar-refractivity contribution in [3.8, 4) is 0 Å². The van der Waals surface area contributed by atoms with Gasteiger partial charge in [0.15, 0.2) is 12.4 Å². The highest BCUT2D eigenvalue weighted by Crippen LogP contribution is 2.23. The molecule has 1 amide bonds. The fourth-order valence-corrected chi connectivity index (χ4v) is 4.81. The number of hydrogen-bond acceptors (Lipinski definition) is 4. The van der Waals surface area contributed by atoms with Crippen molar-refractivity contribution in [3.05, 3.63) is 69.6 Å². The van der Waals surface area contributed by atoms with E-state index < -0.39 is 0 Å². The molecule has 7 heteroatoms. The average Bonchev–Trinajstić information content (AvgIpc) is 2.77. The molecule has 160 valence electrons. The first-order valence-electron chi connectivity index (χ1n) is 10.7. The molecule has 2 saturated heterocycles. The number of hydrogen-bond donors (Lipinski definition) is 0. The van der Waals surface area contributed by atoms with E-state index in [0.29, 0.717) is 5.91 Å². The summed E-state index contributed by atoms with van der Waals surface area (Å²) in [5.41, 5.74) is 2.45. The van der Waals surface area contributed by atoms with E-state index in [0.717, 1.165) is 80.0 Å². The SMILES string of the molecule is O=C(C1CCN(Cc2cc[n+]([O-])cc2)CC1)N1CCN(Cc2ccccc2Br)CC1. The van der Waals surface area contributed by atoms with E-state index in [1.807, 2.05) is 18.2 Å². The van der Waals surface area contributed by atoms with Crippen molar-refractivity contribution in [2.24, 2.45) is 5.92 Å². The van der Waals surface area contributed by atoms with Crippen LogP contribution in [-0.2, 0) is 17.9 Å². The molecule has 1 aromatic heterocycles. The molecule has 30 heavy (non-hydrogen) atoms. The largest absolute Gasteiger partial charge is 0.619 e. The third kappa shape index (κ3) is 5.39. The number of carbonyl (C=O) groups is 1. The molecular weight excluding hydrogens is 444 g/mol. The van der Waals surface area contributed by atoms with Gasteiger partial charge in [0, 0.05) is 61.8 Å². The topological polar surface area (TPSA) is 53.7 Å². The van der Waals surface area contributed by atoms with Gasteiger partial charge in [0.05, 0.1) is 0 Å². The van der Waals surface area contributed by atoms with E-state index >= 15 is 0 Å². The Morgan fingerprint density at radius 1 is 0.933 bits per heavy atom. The van der Waals surface area contributed by atoms with Gasteiger partial charge < -0.3 is 10.1 Å². The fraction of sp³-hybridized carbons (Fsp3) is 0.478. The zero-order chi connectivity index (χ0) is 20.9. The molecule has 1 aromatic carbocycles. The van der Waals surface area contributed by atoms with Crippen molar-refractivity contribution in [1.82, 2.24) is 14.7 Å². The predicted octanol–water partition coefficient (Wildman–Crippen LogP) is 2.64. The van der Waals surface area contributed by atoms with Crippen LogP contribution in [0.15, 0.2) is 53.3 Å². The Labute approximate surface area is 186 Å². The first kappa shape index (κ1) is 21.3. The molecule has 0 saturated carbocycles. The number of likely N-dealkylation sites (tertiary alicyclic amines) is 1. The maximum absolute atomic E-state index is 13.0. The Morgan fingerprint density at radius 3 is 2.23 bits per heavy atom. The molecule has 0 spiro atoms. The Kier molecular flexibility index (Phi) is 7.02. The summed E-state index contributed by atoms with van der Waals surface area (Å²) < 4.78 is 1.96. The molecule has 0 atom stereocenters. The van der Waals surface area contributed by atoms with Crippen molar-refractivity contribution in [2.75, 3.05) is 39.3 Å². The lowest BCUT2D eigenvalue weighted by atomic mass is 9.94. The highest BCUT2D eigenvalue weighted by molar-refractivity contribution is 9.10. The Morgan fingerprint density at radius 2 is 1.57 bits per heavy atom. The summed E-state index contributed by atoms with van der Waals surface area (Å²) in [6, 6.07) is 12.1. The second-order valence-electron chi connectivity index (χ2n) is 8.31. The van der Waals surface area contributed by atoms with Crippen LogP contribution >= 0.6 is 15.9 Å². The van der Waals surface area contributed by atoms with Crippen LogP contribution in [0.3, 0.4) is 0 Å². The lowest BCUT2D eigenvalue weighted by molar-refractivity contribution is -0.605. The number of aromatic nitrogens is 1. The van der Waals surface area contributed by atoms with Gasteiger partial charge in [0.25, 0.3) is 0 Å². The number of benzene rings is 1. The molecule has 3 heterocycles. The van der Waals surface area contributed by atoms with Crippen LogP contribution in [0.1, 0.15) is 24.0 Å². The molecule has 0 aliphatic carbocycles. The van der Waals surface area contributed by atoms with E-state index in [2.05, 4.69) is 48.8 Å². The Balaban J connectivity index is 1.21. The summed E-state index contributed by atoms with van der Waals surface area (Å²) in [6.07, 6.45) is 4.93. The van der Waals surface area contributed by atoms with Gasteiger partial charge in [-0.2, -0.15) is 4.73 Å². The van der Waals surface area contributed by atoms with Crippen LogP contribution in [0.2, 0.25) is 0 Å². The summed E-state index contributed by atoms with van der Waals surface area (Å²) >= 11 is 3.63. The van der Waals surface area contributed by atoms with E-state index in [1.54, 1.807) is 12.4 Å². The van der Waals surface area contributed by atoms with Crippen LogP contribution < -0.4 is 4.73 Å². The van der Waals surface area contributed by atoms with Crippen LogP contribution in [0.5, 0.6) is 0 Å². The van der Waals surface area contributed by atoms with Crippen LogP contribution in [0.25, 0.3) is 0 Å². The third-order valence-corrected chi connectivity index (χ3v) is 7.02. The zero-order valence-electron chi connectivity index (χ0n) is 17.3. The van der Waals surface area contributed by atoms with Gasteiger partial charge in [-0.15, -0.1) is 0 Å². The molecule has 2 aromatic rings. The second kappa shape index (κ2) is 9.90. The van der Waals surface area contributed by atoms with Crippen LogP contribution in [0.4, 0.5) is 0 Å². The Hall–Kier alpha value is -1.96. The van der Waals surface area contributed by atoms with E-state index in [4.69, 9.17) is 0 Å². The first-order valence-corrected chi connectivity index (χ1v) is 11.5. The van der Waals surface area contributed by atoms with Crippen molar-refractivity contribution < 1.29 is 9.52 Å². The number of piperazine rings is 1. The smallest absolute Gasteiger partial charge is 0.225 e. The standard InChI is InChI=1S/C23H29BrN4O2/c24-22-4-2-1-3-21(22)18-26-13-15-27(16-14-26)23(29)20-7-9-25(10-8-20)17-19-5-11-28(30)12-6-19/h1-6,11-12,20H,7-10,13-18H2. The van der Waals surface area contributed by atoms with Crippen molar-refractivity contribution in [3.63, 3.8) is 0 Å². The number of piperidine rings is 1. The summed E-state index contributed by atoms with van der Waals surface area (Å²) in [4.78, 5) is 19.9. The number of rotatable bonds is 5. The third-order valence-electron chi connectivity index (χ3n) is 6.25. The molecule has 0 radical (unpaired) electrons. The van der Waals surface area contributed by atoms with Crippen molar-refractivity contribution >= 4 is 21.8 Å². The average molecular weight is 473 g/mol. The van der Waals surface area contributed by atoms with Gasteiger partial charge in [-0.1, -0.05) is 34.1 Å². The molecule has 0 bridgehead atoms. The van der Waals surface area contributed by atoms with E-state index in [-0.39, 0.29) is 5.92 Å². The zero-order valence-corrected chi connectivity index (χ0v) is 18.8. The normalized spacial score (nSPS) is 19.2. The number of pyridine rings is 1. The highest BCUT2D eigenvalue weighted by Gasteiger charge is 2.30. The molecule has 4 rings (SSSR count). The van der Waals surface area contributed by atoms with Gasteiger partial charge in [0.1, 0.15) is 0 Å². The molecule has 2 fully saturated rings. The van der Waals surface area contributed by atoms with Crippen LogP contribution in [0, 0.1) is 11.1 Å². The maximum Gasteiger partial charge on any atom is 0.225 e. The molecule has 2 aliphatic heterocycles. The predicted molar refractivity (Wildman–Crippen MR) is 119 cm³/mol. The van der Waals surface area contributed by atoms with Crippen molar-refractivity contribution in [1.29, 1.82) is 0 Å². The van der Waals surface area contributed by atoms with Crippen molar-refractivity contribution in [2.45, 2.75) is 25.9 Å². The summed E-state index contributed by atoms with van der Waals surface area (Å²) in [5.74, 6) is 0.484. The van der Waals surface area contributed by atoms with E-state index in [9.17, 15) is 10.0 Å². The summed E-state index contributed by atoms with van der Waals surface area (Å²) in [6.45, 7) is 7.14. The number of carbonyl (C=O) groups excluding carboxylic acids is 1. The second-order valence-corrected chi connectivity index (χ2v) is 9.16. The molecule has 2 aliphatic rings. The lowest BCUT2D eigenvalue weighted by Gasteiger charge is -2.38. The monoisotopic (exact) mass is 472 g/mol. The fourth-order valence-electron chi connectivity index (χ4n) is 4.40. The Bertz CT molecular complexity index is 845. The van der Waals surface area contributed by atoms with Gasteiger partial charge in [-0.25, -0.2) is 0 Å². The number of halogens is 1. The summed E-state index contributed by atoms with van der Waals surface area (Å²) in [5, 5.41) is 11.2. The molecule has 0 unspecified atom stereocenters. The maximum atomic E-state index is 13.0. The van der Waals surface area contributed by atoms with Gasteiger partial charge >= 0.3 is 0 Å². The summed E-state index contributed by atoms with van der Waals surface area (Å²) in [7, 11) is 0. The first-order chi connectivity index (χ1) is 14.6. The lowest BCUT2D eigenvalue weighted by Crippen LogP contribution is -2.51. The number of amides is 1. The molecular formula is C23H29BrN4O2. The minimum Gasteiger partial charge on any atom is -0.619 e. The minimum absolute atomic E-state index is 0.149. The minimum atomic E-state index is 0.149.